The largest absolute Gasteiger partial charge is 0.398 e. The molecule has 12 heavy (non-hydrogen) atoms. The van der Waals surface area contributed by atoms with E-state index < -0.39 is 0 Å². The molecule has 1 nitrogen and oxygen atoms in total. The Kier molecular flexibility index (Phi) is 1.65. The molecule has 1 heteroatoms. The number of benzene rings is 1. The van der Waals surface area contributed by atoms with Crippen LogP contribution in [0.2, 0.25) is 0 Å². The summed E-state index contributed by atoms with van der Waals surface area (Å²) in [7, 11) is 0. The van der Waals surface area contributed by atoms with E-state index in [4.69, 9.17) is 5.73 Å². The highest BCUT2D eigenvalue weighted by Gasteiger charge is 2.00. The van der Waals surface area contributed by atoms with Crippen LogP contribution in [0.25, 0.3) is 11.6 Å². The molecule has 1 aromatic carbocycles. The van der Waals surface area contributed by atoms with Gasteiger partial charge in [-0.25, -0.2) is 0 Å². The molecule has 1 aliphatic carbocycles. The summed E-state index contributed by atoms with van der Waals surface area (Å²) < 4.78 is 0. The Morgan fingerprint density at radius 3 is 2.92 bits per heavy atom. The van der Waals surface area contributed by atoms with Gasteiger partial charge in [0.25, 0.3) is 0 Å². The monoisotopic (exact) mass is 159 g/mol. The molecule has 0 aromatic heterocycles. The van der Waals surface area contributed by atoms with Gasteiger partial charge in [-0.15, -0.1) is 0 Å². The maximum atomic E-state index is 5.86. The predicted molar refractivity (Wildman–Crippen MR) is 52.9 cm³/mol. The van der Waals surface area contributed by atoms with E-state index in [9.17, 15) is 0 Å². The lowest BCUT2D eigenvalue weighted by Gasteiger charge is -2.07. The molecule has 0 atom stereocenters. The number of hydrogen-bond acceptors (Lipinski definition) is 1. The third-order valence-corrected chi connectivity index (χ3v) is 2.47. The molecule has 0 amide bonds. The summed E-state index contributed by atoms with van der Waals surface area (Å²) in [6.07, 6.45) is 4.54. The molecule has 0 fully saturated rings. The molecule has 0 heterocycles. The fraction of sp³-hybridized carbons (Fsp3) is 0.273. The van der Waals surface area contributed by atoms with Crippen LogP contribution in [-0.4, -0.2) is 0 Å². The van der Waals surface area contributed by atoms with Gasteiger partial charge in [0, 0.05) is 10.9 Å². The number of nitrogen functional groups attached to an aromatic ring is 1. The molecule has 1 aliphatic rings. The Hall–Kier alpha value is -1.24. The molecule has 0 radical (unpaired) electrons. The van der Waals surface area contributed by atoms with Gasteiger partial charge in [0.1, 0.15) is 0 Å². The summed E-state index contributed by atoms with van der Waals surface area (Å²) in [4.78, 5) is 0. The van der Waals surface area contributed by atoms with Crippen LogP contribution in [0.4, 0.5) is 5.69 Å². The second-order valence-corrected chi connectivity index (χ2v) is 3.33. The summed E-state index contributed by atoms with van der Waals surface area (Å²) in [6, 6.07) is 6.14. The molecule has 0 bridgehead atoms. The van der Waals surface area contributed by atoms with Crippen LogP contribution in [-0.2, 0) is 0 Å². The first kappa shape index (κ1) is 7.41. The summed E-state index contributed by atoms with van der Waals surface area (Å²) in [6.45, 7) is 2.19. The third-order valence-electron chi connectivity index (χ3n) is 2.47. The van der Waals surface area contributed by atoms with Gasteiger partial charge < -0.3 is 5.73 Å². The zero-order chi connectivity index (χ0) is 8.55. The van der Waals surface area contributed by atoms with Gasteiger partial charge >= 0.3 is 0 Å². The Balaban J connectivity index is 2.93. The average molecular weight is 159 g/mol. The van der Waals surface area contributed by atoms with Crippen molar-refractivity contribution >= 4 is 17.3 Å². The Bertz CT molecular complexity index is 415. The van der Waals surface area contributed by atoms with Crippen LogP contribution >= 0.6 is 0 Å². The lowest BCUT2D eigenvalue weighted by molar-refractivity contribution is 1.07. The minimum atomic E-state index is 0.909. The van der Waals surface area contributed by atoms with Crippen molar-refractivity contribution in [2.24, 2.45) is 0 Å². The topological polar surface area (TPSA) is 26.0 Å². The first-order valence-corrected chi connectivity index (χ1v) is 4.33. The van der Waals surface area contributed by atoms with Crippen molar-refractivity contribution < 1.29 is 0 Å². The van der Waals surface area contributed by atoms with E-state index in [1.165, 1.54) is 22.4 Å². The summed E-state index contributed by atoms with van der Waals surface area (Å²) in [5, 5.41) is 2.57. The van der Waals surface area contributed by atoms with Gasteiger partial charge in [0.2, 0.25) is 0 Å². The van der Waals surface area contributed by atoms with Crippen LogP contribution in [0, 0.1) is 0 Å². The fourth-order valence-electron chi connectivity index (χ4n) is 1.75. The second-order valence-electron chi connectivity index (χ2n) is 3.33. The molecule has 62 valence electrons. The summed E-state index contributed by atoms with van der Waals surface area (Å²) in [5.41, 5.74) is 8.23. The second kappa shape index (κ2) is 2.67. The Morgan fingerprint density at radius 2 is 2.17 bits per heavy atom. The lowest BCUT2D eigenvalue weighted by atomic mass is 10.0. The van der Waals surface area contributed by atoms with Gasteiger partial charge in [-0.1, -0.05) is 23.8 Å². The summed E-state index contributed by atoms with van der Waals surface area (Å²) >= 11 is 0. The van der Waals surface area contributed by atoms with Crippen molar-refractivity contribution in [3.63, 3.8) is 0 Å². The average Bonchev–Trinajstić information content (AvgIpc) is 2.07. The molecule has 0 aliphatic heterocycles. The van der Waals surface area contributed by atoms with Crippen LogP contribution in [0.5, 0.6) is 0 Å². The minimum Gasteiger partial charge on any atom is -0.398 e. The molecule has 2 rings (SSSR count). The maximum Gasteiger partial charge on any atom is 0.0390 e. The molecule has 0 saturated carbocycles. The van der Waals surface area contributed by atoms with Crippen molar-refractivity contribution in [3.8, 4) is 0 Å². The highest BCUT2D eigenvalue weighted by molar-refractivity contribution is 5.55. The van der Waals surface area contributed by atoms with Crippen LogP contribution in [0.3, 0.4) is 0 Å². The zero-order valence-corrected chi connectivity index (χ0v) is 7.30. The highest BCUT2D eigenvalue weighted by atomic mass is 14.5. The number of fused-ring (bicyclic) bond motifs is 1. The van der Waals surface area contributed by atoms with Gasteiger partial charge in [0.05, 0.1) is 0 Å². The van der Waals surface area contributed by atoms with Crippen LogP contribution < -0.4 is 16.2 Å². The van der Waals surface area contributed by atoms with Gasteiger partial charge in [0.15, 0.2) is 0 Å². The van der Waals surface area contributed by atoms with Crippen molar-refractivity contribution in [3.05, 3.63) is 28.6 Å². The minimum absolute atomic E-state index is 0.909. The molecular weight excluding hydrogens is 146 g/mol. The normalized spacial score (nSPS) is 15.2. The molecule has 0 unspecified atom stereocenters. The van der Waals surface area contributed by atoms with E-state index >= 15 is 0 Å². The number of rotatable bonds is 0. The first-order chi connectivity index (χ1) is 5.79. The van der Waals surface area contributed by atoms with Crippen molar-refractivity contribution in [2.45, 2.75) is 19.8 Å². The van der Waals surface area contributed by atoms with Crippen molar-refractivity contribution in [1.82, 2.24) is 0 Å². The lowest BCUT2D eigenvalue weighted by Crippen LogP contribution is -2.31. The third kappa shape index (κ3) is 1.02. The van der Waals surface area contributed by atoms with Crippen LogP contribution in [0.1, 0.15) is 19.8 Å². The molecule has 1 aromatic rings. The highest BCUT2D eigenvalue weighted by Crippen LogP contribution is 2.06. The van der Waals surface area contributed by atoms with E-state index in [2.05, 4.69) is 19.1 Å². The predicted octanol–water partition coefficient (Wildman–Crippen LogP) is 1.01. The van der Waals surface area contributed by atoms with Crippen LogP contribution in [0.15, 0.2) is 18.2 Å². The summed E-state index contributed by atoms with van der Waals surface area (Å²) in [5.74, 6) is 0. The zero-order valence-electron chi connectivity index (χ0n) is 7.30. The van der Waals surface area contributed by atoms with E-state index in [0.717, 1.165) is 12.1 Å². The molecule has 0 saturated heterocycles. The standard InChI is InChI=1S/C11H13N/c1-8-4-2-6-10-9(8)5-3-7-11(10)12/h3,5-7H,2,4,12H2,1H3. The van der Waals surface area contributed by atoms with E-state index in [-0.39, 0.29) is 0 Å². The fourth-order valence-corrected chi connectivity index (χ4v) is 1.75. The smallest absolute Gasteiger partial charge is 0.0390 e. The number of nitrogens with two attached hydrogens (primary N) is 1. The molecule has 0 spiro atoms. The number of hydrogen-bond donors (Lipinski definition) is 1. The first-order valence-electron chi connectivity index (χ1n) is 4.33. The molecule has 2 N–H and O–H groups in total. The van der Waals surface area contributed by atoms with Gasteiger partial charge in [-0.2, -0.15) is 0 Å². The van der Waals surface area contributed by atoms with E-state index in [0.29, 0.717) is 0 Å². The van der Waals surface area contributed by atoms with E-state index in [1.54, 1.807) is 0 Å². The van der Waals surface area contributed by atoms with Crippen molar-refractivity contribution in [2.75, 3.05) is 5.73 Å². The quantitative estimate of drug-likeness (QED) is 0.562. The van der Waals surface area contributed by atoms with Gasteiger partial charge in [-0.05, 0) is 31.1 Å². The Labute approximate surface area is 72.2 Å². The maximum absolute atomic E-state index is 5.86. The SMILES string of the molecule is CC1=c2cccc(N)c2=CCC1. The molecular formula is C11H13N. The van der Waals surface area contributed by atoms with Gasteiger partial charge in [-0.3, -0.25) is 0 Å². The Morgan fingerprint density at radius 1 is 1.33 bits per heavy atom. The van der Waals surface area contributed by atoms with Crippen molar-refractivity contribution in [1.29, 1.82) is 0 Å². The number of anilines is 1. The van der Waals surface area contributed by atoms with E-state index in [1.807, 2.05) is 12.1 Å².